The van der Waals surface area contributed by atoms with Crippen molar-refractivity contribution in [2.75, 3.05) is 19.6 Å². The van der Waals surface area contributed by atoms with Crippen molar-refractivity contribution >= 4 is 30.7 Å². The standard InChI is InChI=1S/C22H30BN3O6/c1-5-25-9-10-26(21(29)20(25)28)22(30)24-18(13(2)3)17(27)12-16-11-15-8-6-7-14(4)19(15)32-23(16)31/h6-8,13,16,18,31H,5,9-12H2,1-4H3,(H,24,30)/t16-,18-/m1/s1. The highest BCUT2D eigenvalue weighted by molar-refractivity contribution is 6.46. The van der Waals surface area contributed by atoms with Crippen LogP contribution in [0.1, 0.15) is 38.3 Å². The van der Waals surface area contributed by atoms with E-state index in [4.69, 9.17) is 4.65 Å². The molecule has 2 N–H and O–H groups in total. The number of likely N-dealkylation sites (N-methyl/N-ethyl adjacent to an activating group) is 1. The predicted molar refractivity (Wildman–Crippen MR) is 118 cm³/mol. The van der Waals surface area contributed by atoms with Gasteiger partial charge in [0.1, 0.15) is 5.75 Å². The van der Waals surface area contributed by atoms with Crippen molar-refractivity contribution in [3.05, 3.63) is 29.3 Å². The van der Waals surface area contributed by atoms with Gasteiger partial charge in [0, 0.05) is 31.9 Å². The number of urea groups is 1. The zero-order valence-corrected chi connectivity index (χ0v) is 19.0. The van der Waals surface area contributed by atoms with Crippen molar-refractivity contribution in [3.8, 4) is 5.75 Å². The summed E-state index contributed by atoms with van der Waals surface area (Å²) in [4.78, 5) is 52.4. The van der Waals surface area contributed by atoms with Crippen molar-refractivity contribution < 1.29 is 28.9 Å². The van der Waals surface area contributed by atoms with Crippen LogP contribution < -0.4 is 9.97 Å². The Kier molecular flexibility index (Phi) is 7.23. The number of Topliss-reactive ketones (excluding diaryl/α,β-unsaturated/α-hetero) is 1. The van der Waals surface area contributed by atoms with Crippen LogP contribution in [0.15, 0.2) is 18.2 Å². The Balaban J connectivity index is 1.67. The Morgan fingerprint density at radius 2 is 1.97 bits per heavy atom. The molecule has 10 heteroatoms. The molecule has 0 saturated carbocycles. The van der Waals surface area contributed by atoms with E-state index < -0.39 is 36.8 Å². The minimum absolute atomic E-state index is 0.00810. The highest BCUT2D eigenvalue weighted by Gasteiger charge is 2.40. The lowest BCUT2D eigenvalue weighted by Gasteiger charge is -2.33. The molecule has 2 atom stereocenters. The lowest BCUT2D eigenvalue weighted by atomic mass is 9.64. The minimum Gasteiger partial charge on any atom is -0.536 e. The average Bonchev–Trinajstić information content (AvgIpc) is 2.74. The van der Waals surface area contributed by atoms with Gasteiger partial charge in [-0.25, -0.2) is 4.79 Å². The summed E-state index contributed by atoms with van der Waals surface area (Å²) in [5.74, 6) is -1.93. The van der Waals surface area contributed by atoms with Gasteiger partial charge in [0.15, 0.2) is 5.78 Å². The molecule has 9 nitrogen and oxygen atoms in total. The SMILES string of the molecule is CCN1CCN(C(=O)N[C@@H](C(=O)C[C@H]2Cc3cccc(C)c3OB2O)C(C)C)C(=O)C1=O. The third kappa shape index (κ3) is 4.80. The summed E-state index contributed by atoms with van der Waals surface area (Å²) in [6, 6.07) is 4.09. The van der Waals surface area contributed by atoms with E-state index in [-0.39, 0.29) is 31.2 Å². The second-order valence-electron chi connectivity index (χ2n) is 8.72. The molecule has 0 bridgehead atoms. The number of hydrogen-bond donors (Lipinski definition) is 2. The van der Waals surface area contributed by atoms with Crippen LogP contribution in [0.4, 0.5) is 4.79 Å². The first kappa shape index (κ1) is 23.8. The van der Waals surface area contributed by atoms with Gasteiger partial charge in [-0.05, 0) is 37.3 Å². The fourth-order valence-corrected chi connectivity index (χ4v) is 4.20. The van der Waals surface area contributed by atoms with Gasteiger partial charge in [-0.3, -0.25) is 19.3 Å². The zero-order valence-electron chi connectivity index (χ0n) is 19.0. The zero-order chi connectivity index (χ0) is 23.6. The maximum absolute atomic E-state index is 13.1. The Morgan fingerprint density at radius 3 is 2.62 bits per heavy atom. The molecule has 2 heterocycles. The van der Waals surface area contributed by atoms with Crippen molar-refractivity contribution in [1.82, 2.24) is 15.1 Å². The van der Waals surface area contributed by atoms with Gasteiger partial charge in [0.05, 0.1) is 6.04 Å². The van der Waals surface area contributed by atoms with Crippen molar-refractivity contribution in [1.29, 1.82) is 0 Å². The van der Waals surface area contributed by atoms with Crippen LogP contribution in [0.2, 0.25) is 5.82 Å². The fourth-order valence-electron chi connectivity index (χ4n) is 4.20. The van der Waals surface area contributed by atoms with Gasteiger partial charge in [-0.2, -0.15) is 0 Å². The van der Waals surface area contributed by atoms with Gasteiger partial charge in [0.25, 0.3) is 0 Å². The molecule has 1 aromatic carbocycles. The fraction of sp³-hybridized carbons (Fsp3) is 0.545. The molecule has 1 saturated heterocycles. The first-order chi connectivity index (χ1) is 15.1. The molecule has 1 aromatic rings. The Hall–Kier alpha value is -2.88. The maximum atomic E-state index is 13.1. The molecule has 1 fully saturated rings. The Labute approximate surface area is 188 Å². The lowest BCUT2D eigenvalue weighted by Crippen LogP contribution is -2.60. The molecule has 0 aromatic heterocycles. The molecule has 32 heavy (non-hydrogen) atoms. The number of amides is 4. The van der Waals surface area contributed by atoms with Gasteiger partial charge in [-0.15, -0.1) is 0 Å². The molecular weight excluding hydrogens is 413 g/mol. The number of nitrogens with one attached hydrogen (secondary N) is 1. The van der Waals surface area contributed by atoms with Crippen molar-refractivity contribution in [3.63, 3.8) is 0 Å². The van der Waals surface area contributed by atoms with Crippen LogP contribution in [0, 0.1) is 12.8 Å². The van der Waals surface area contributed by atoms with Crippen LogP contribution in [-0.4, -0.2) is 71.2 Å². The number of benzene rings is 1. The molecule has 0 spiro atoms. The Morgan fingerprint density at radius 1 is 1.25 bits per heavy atom. The van der Waals surface area contributed by atoms with E-state index in [0.29, 0.717) is 18.7 Å². The number of rotatable bonds is 6. The van der Waals surface area contributed by atoms with E-state index in [1.54, 1.807) is 20.8 Å². The van der Waals surface area contributed by atoms with Crippen LogP contribution in [0.25, 0.3) is 0 Å². The number of ketones is 1. The smallest absolute Gasteiger partial charge is 0.526 e. The van der Waals surface area contributed by atoms with Crippen molar-refractivity contribution in [2.24, 2.45) is 5.92 Å². The second kappa shape index (κ2) is 9.73. The first-order valence-electron chi connectivity index (χ1n) is 11.0. The summed E-state index contributed by atoms with van der Waals surface area (Å²) in [6.45, 7) is 7.97. The van der Waals surface area contributed by atoms with E-state index in [1.165, 1.54) is 4.90 Å². The average molecular weight is 443 g/mol. The summed E-state index contributed by atoms with van der Waals surface area (Å²) in [6.07, 6.45) is 0.489. The molecule has 4 amide bonds. The molecule has 2 aliphatic heterocycles. The topological polar surface area (TPSA) is 116 Å². The third-order valence-electron chi connectivity index (χ3n) is 6.11. The van der Waals surface area contributed by atoms with Gasteiger partial charge in [-0.1, -0.05) is 32.0 Å². The lowest BCUT2D eigenvalue weighted by molar-refractivity contribution is -0.153. The number of nitrogens with zero attached hydrogens (tertiary/aromatic N) is 2. The summed E-state index contributed by atoms with van der Waals surface area (Å²) in [5.41, 5.74) is 1.84. The van der Waals surface area contributed by atoms with Gasteiger partial charge < -0.3 is 19.9 Å². The first-order valence-corrected chi connectivity index (χ1v) is 11.0. The Bertz CT molecular complexity index is 921. The molecule has 172 valence electrons. The normalized spacial score (nSPS) is 19.6. The van der Waals surface area contributed by atoms with Gasteiger partial charge >= 0.3 is 25.0 Å². The molecule has 0 radical (unpaired) electrons. The van der Waals surface area contributed by atoms with E-state index in [0.717, 1.165) is 16.0 Å². The third-order valence-corrected chi connectivity index (χ3v) is 6.11. The summed E-state index contributed by atoms with van der Waals surface area (Å²) in [5, 5.41) is 13.1. The quantitative estimate of drug-likeness (QED) is 0.504. The number of aryl methyl sites for hydroxylation is 1. The van der Waals surface area contributed by atoms with Crippen LogP contribution >= 0.6 is 0 Å². The molecule has 0 unspecified atom stereocenters. The van der Waals surface area contributed by atoms with Crippen LogP contribution in [-0.2, 0) is 20.8 Å². The van der Waals surface area contributed by atoms with Gasteiger partial charge in [0.2, 0.25) is 0 Å². The number of fused-ring (bicyclic) bond motifs is 1. The highest BCUT2D eigenvalue weighted by atomic mass is 16.5. The van der Waals surface area contributed by atoms with E-state index in [1.807, 2.05) is 25.1 Å². The summed E-state index contributed by atoms with van der Waals surface area (Å²) >= 11 is 0. The monoisotopic (exact) mass is 443 g/mol. The number of piperazine rings is 1. The molecule has 3 rings (SSSR count). The van der Waals surface area contributed by atoms with Crippen LogP contribution in [0.5, 0.6) is 5.75 Å². The maximum Gasteiger partial charge on any atom is 0.526 e. The second-order valence-corrected chi connectivity index (χ2v) is 8.72. The number of carbonyl (C=O) groups is 4. The van der Waals surface area contributed by atoms with E-state index in [9.17, 15) is 24.2 Å². The molecule has 0 aliphatic carbocycles. The summed E-state index contributed by atoms with van der Waals surface area (Å²) < 4.78 is 5.66. The van der Waals surface area contributed by atoms with E-state index >= 15 is 0 Å². The number of hydrogen-bond acceptors (Lipinski definition) is 6. The van der Waals surface area contributed by atoms with E-state index in [2.05, 4.69) is 5.32 Å². The summed E-state index contributed by atoms with van der Waals surface area (Å²) in [7, 11) is -1.13. The molecular formula is C22H30BN3O6. The van der Waals surface area contributed by atoms with Crippen molar-refractivity contribution in [2.45, 2.75) is 52.4 Å². The largest absolute Gasteiger partial charge is 0.536 e. The minimum atomic E-state index is -1.13. The highest BCUT2D eigenvalue weighted by Crippen LogP contribution is 2.36. The molecule has 2 aliphatic rings. The van der Waals surface area contributed by atoms with Crippen LogP contribution in [0.3, 0.4) is 0 Å². The number of carbonyl (C=O) groups excluding carboxylic acids is 4. The number of imide groups is 1. The number of para-hydroxylation sites is 1. The predicted octanol–water partition coefficient (Wildman–Crippen LogP) is 1.16.